The minimum absolute atomic E-state index is 0.778. The van der Waals surface area contributed by atoms with Gasteiger partial charge in [0.1, 0.15) is 6.61 Å². The molecular weight excluding hydrogens is 174 g/mol. The molecule has 0 spiro atoms. The SMILES string of the molecule is C1=Cc2ccccc2C1.C1=NCCO1. The summed E-state index contributed by atoms with van der Waals surface area (Å²) in [7, 11) is 0. The summed E-state index contributed by atoms with van der Waals surface area (Å²) in [5, 5.41) is 0. The van der Waals surface area contributed by atoms with E-state index in [-0.39, 0.29) is 0 Å². The highest BCUT2D eigenvalue weighted by Gasteiger charge is 2.00. The average molecular weight is 187 g/mol. The van der Waals surface area contributed by atoms with Crippen LogP contribution in [0.1, 0.15) is 11.1 Å². The first-order chi connectivity index (χ1) is 6.97. The van der Waals surface area contributed by atoms with Gasteiger partial charge in [0.15, 0.2) is 6.40 Å². The summed E-state index contributed by atoms with van der Waals surface area (Å²) >= 11 is 0. The molecule has 0 radical (unpaired) electrons. The fourth-order valence-corrected chi connectivity index (χ4v) is 1.46. The molecule has 3 rings (SSSR count). The summed E-state index contributed by atoms with van der Waals surface area (Å²) in [5.41, 5.74) is 2.84. The molecule has 14 heavy (non-hydrogen) atoms. The molecule has 1 aromatic carbocycles. The Morgan fingerprint density at radius 2 is 2.14 bits per heavy atom. The molecule has 0 amide bonds. The third kappa shape index (κ3) is 2.22. The number of allylic oxidation sites excluding steroid dienone is 1. The Labute approximate surface area is 83.9 Å². The van der Waals surface area contributed by atoms with E-state index in [0.29, 0.717) is 0 Å². The number of fused-ring (bicyclic) bond motifs is 1. The van der Waals surface area contributed by atoms with E-state index in [1.807, 2.05) is 0 Å². The maximum absolute atomic E-state index is 4.65. The molecule has 2 aliphatic rings. The van der Waals surface area contributed by atoms with Crippen LogP contribution in [0.15, 0.2) is 35.3 Å². The molecule has 0 aromatic heterocycles. The van der Waals surface area contributed by atoms with Crippen LogP contribution < -0.4 is 0 Å². The van der Waals surface area contributed by atoms with E-state index >= 15 is 0 Å². The predicted octanol–water partition coefficient (Wildman–Crippen LogP) is 2.30. The number of rotatable bonds is 0. The van der Waals surface area contributed by atoms with Crippen LogP contribution in [-0.4, -0.2) is 19.6 Å². The number of hydrogen-bond donors (Lipinski definition) is 0. The summed E-state index contributed by atoms with van der Waals surface area (Å²) < 4.78 is 4.65. The zero-order chi connectivity index (χ0) is 9.64. The molecule has 1 aromatic rings. The highest BCUT2D eigenvalue weighted by Crippen LogP contribution is 2.17. The second kappa shape index (κ2) is 4.61. The minimum Gasteiger partial charge on any atom is -0.482 e. The van der Waals surface area contributed by atoms with Crippen LogP contribution in [0.25, 0.3) is 6.08 Å². The largest absolute Gasteiger partial charge is 0.482 e. The maximum Gasteiger partial charge on any atom is 0.169 e. The van der Waals surface area contributed by atoms with Gasteiger partial charge in [-0.3, -0.25) is 4.99 Å². The molecule has 0 atom stereocenters. The van der Waals surface area contributed by atoms with Crippen molar-refractivity contribution in [3.63, 3.8) is 0 Å². The van der Waals surface area contributed by atoms with Crippen LogP contribution >= 0.6 is 0 Å². The molecule has 2 nitrogen and oxygen atoms in total. The highest BCUT2D eigenvalue weighted by atomic mass is 16.5. The lowest BCUT2D eigenvalue weighted by Crippen LogP contribution is -1.80. The highest BCUT2D eigenvalue weighted by molar-refractivity contribution is 5.59. The smallest absolute Gasteiger partial charge is 0.169 e. The lowest BCUT2D eigenvalue weighted by atomic mass is 10.1. The molecule has 1 heterocycles. The van der Waals surface area contributed by atoms with Crippen LogP contribution in [0.2, 0.25) is 0 Å². The maximum atomic E-state index is 4.65. The molecule has 0 saturated heterocycles. The summed E-state index contributed by atoms with van der Waals surface area (Å²) in [6.45, 7) is 1.62. The van der Waals surface area contributed by atoms with Crippen LogP contribution in [0.5, 0.6) is 0 Å². The van der Waals surface area contributed by atoms with E-state index in [4.69, 9.17) is 0 Å². The lowest BCUT2D eigenvalue weighted by molar-refractivity contribution is 0.361. The van der Waals surface area contributed by atoms with E-state index in [9.17, 15) is 0 Å². The van der Waals surface area contributed by atoms with E-state index in [1.54, 1.807) is 0 Å². The van der Waals surface area contributed by atoms with Crippen molar-refractivity contribution in [3.8, 4) is 0 Å². The van der Waals surface area contributed by atoms with Gasteiger partial charge < -0.3 is 4.74 Å². The normalized spacial score (nSPS) is 15.7. The van der Waals surface area contributed by atoms with Crippen LogP contribution in [-0.2, 0) is 11.2 Å². The number of benzene rings is 1. The standard InChI is InChI=1S/C9H8.C3H5NO/c1-2-5-9-7-3-6-8(9)4-1;1-2-5-3-4-1/h1-6H,7H2;3H,1-2H2. The monoisotopic (exact) mass is 187 g/mol. The second-order valence-corrected chi connectivity index (χ2v) is 3.19. The molecule has 0 fully saturated rings. The van der Waals surface area contributed by atoms with Gasteiger partial charge in [-0.25, -0.2) is 0 Å². The molecule has 0 N–H and O–H groups in total. The Hall–Kier alpha value is -1.57. The molecule has 72 valence electrons. The van der Waals surface area contributed by atoms with Gasteiger partial charge in [-0.2, -0.15) is 0 Å². The number of aliphatic imine (C=N–C) groups is 1. The zero-order valence-electron chi connectivity index (χ0n) is 8.02. The van der Waals surface area contributed by atoms with Crippen LogP contribution in [0.3, 0.4) is 0 Å². The fraction of sp³-hybridized carbons (Fsp3) is 0.250. The van der Waals surface area contributed by atoms with Crippen molar-refractivity contribution in [1.29, 1.82) is 0 Å². The van der Waals surface area contributed by atoms with Gasteiger partial charge in [0.2, 0.25) is 0 Å². The molecule has 1 aliphatic carbocycles. The van der Waals surface area contributed by atoms with Crippen LogP contribution in [0, 0.1) is 0 Å². The first-order valence-corrected chi connectivity index (χ1v) is 4.81. The molecule has 0 saturated carbocycles. The Bertz CT molecular complexity index is 349. The van der Waals surface area contributed by atoms with Gasteiger partial charge in [-0.15, -0.1) is 0 Å². The Balaban J connectivity index is 0.000000128. The molecule has 0 bridgehead atoms. The first kappa shape index (κ1) is 9.00. The van der Waals surface area contributed by atoms with E-state index < -0.39 is 0 Å². The average Bonchev–Trinajstić information content (AvgIpc) is 2.92. The van der Waals surface area contributed by atoms with E-state index in [1.165, 1.54) is 17.5 Å². The zero-order valence-corrected chi connectivity index (χ0v) is 8.02. The summed E-state index contributed by atoms with van der Waals surface area (Å²) in [5.74, 6) is 0. The molecular formula is C12H13NO. The van der Waals surface area contributed by atoms with Gasteiger partial charge in [-0.05, 0) is 17.5 Å². The van der Waals surface area contributed by atoms with Crippen molar-refractivity contribution in [2.75, 3.05) is 13.2 Å². The third-order valence-corrected chi connectivity index (χ3v) is 2.18. The molecule has 2 heteroatoms. The van der Waals surface area contributed by atoms with Gasteiger partial charge in [0, 0.05) is 0 Å². The topological polar surface area (TPSA) is 21.6 Å². The fourth-order valence-electron chi connectivity index (χ4n) is 1.46. The summed E-state index contributed by atoms with van der Waals surface area (Å²) in [4.78, 5) is 3.74. The van der Waals surface area contributed by atoms with Gasteiger partial charge in [-0.1, -0.05) is 36.4 Å². The van der Waals surface area contributed by atoms with Crippen molar-refractivity contribution < 1.29 is 4.74 Å². The number of nitrogens with zero attached hydrogens (tertiary/aromatic N) is 1. The Kier molecular flexibility index (Phi) is 2.96. The number of ether oxygens (including phenoxy) is 1. The van der Waals surface area contributed by atoms with Crippen molar-refractivity contribution in [1.82, 2.24) is 0 Å². The van der Waals surface area contributed by atoms with Crippen LogP contribution in [0.4, 0.5) is 0 Å². The Morgan fingerprint density at radius 3 is 2.79 bits per heavy atom. The predicted molar refractivity (Wildman–Crippen MR) is 58.5 cm³/mol. The van der Waals surface area contributed by atoms with E-state index in [2.05, 4.69) is 46.1 Å². The summed E-state index contributed by atoms with van der Waals surface area (Å²) in [6, 6.07) is 8.49. The Morgan fingerprint density at radius 1 is 1.21 bits per heavy atom. The second-order valence-electron chi connectivity index (χ2n) is 3.19. The van der Waals surface area contributed by atoms with Crippen molar-refractivity contribution in [2.45, 2.75) is 6.42 Å². The van der Waals surface area contributed by atoms with Crippen molar-refractivity contribution in [3.05, 3.63) is 41.5 Å². The van der Waals surface area contributed by atoms with E-state index in [0.717, 1.165) is 19.6 Å². The first-order valence-electron chi connectivity index (χ1n) is 4.81. The third-order valence-electron chi connectivity index (χ3n) is 2.18. The van der Waals surface area contributed by atoms with Gasteiger partial charge in [0.25, 0.3) is 0 Å². The number of hydrogen-bond acceptors (Lipinski definition) is 2. The van der Waals surface area contributed by atoms with Gasteiger partial charge in [0.05, 0.1) is 6.54 Å². The molecule has 0 unspecified atom stereocenters. The van der Waals surface area contributed by atoms with Crippen molar-refractivity contribution >= 4 is 12.5 Å². The quantitative estimate of drug-likeness (QED) is 0.610. The lowest BCUT2D eigenvalue weighted by Gasteiger charge is -1.93. The minimum atomic E-state index is 0.778. The van der Waals surface area contributed by atoms with Crippen molar-refractivity contribution in [2.24, 2.45) is 4.99 Å². The molecule has 1 aliphatic heterocycles. The van der Waals surface area contributed by atoms with Gasteiger partial charge >= 0.3 is 0 Å². The summed E-state index contributed by atoms with van der Waals surface area (Å²) in [6.07, 6.45) is 6.98.